The summed E-state index contributed by atoms with van der Waals surface area (Å²) in [5.41, 5.74) is 0.625. The third-order valence-corrected chi connectivity index (χ3v) is 3.58. The summed E-state index contributed by atoms with van der Waals surface area (Å²) in [6, 6.07) is 1.71. The molecule has 1 aliphatic rings. The van der Waals surface area contributed by atoms with Gasteiger partial charge >= 0.3 is 0 Å². The van der Waals surface area contributed by atoms with Crippen molar-refractivity contribution in [2.45, 2.75) is 58.1 Å². The highest BCUT2D eigenvalue weighted by molar-refractivity contribution is 5.23. The molecule has 106 valence electrons. The van der Waals surface area contributed by atoms with Gasteiger partial charge in [0, 0.05) is 18.3 Å². The van der Waals surface area contributed by atoms with Gasteiger partial charge in [0.15, 0.2) is 5.82 Å². The molecule has 3 nitrogen and oxygen atoms in total. The predicted molar refractivity (Wildman–Crippen MR) is 73.7 cm³/mol. The Hall–Kier alpha value is -1.16. The Morgan fingerprint density at radius 2 is 2.05 bits per heavy atom. The number of nitrogens with zero attached hydrogens (tertiary/aromatic N) is 1. The molecule has 0 bridgehead atoms. The van der Waals surface area contributed by atoms with E-state index in [2.05, 4.69) is 10.3 Å². The summed E-state index contributed by atoms with van der Waals surface area (Å²) in [6.07, 6.45) is 8.64. The van der Waals surface area contributed by atoms with Crippen LogP contribution in [0.3, 0.4) is 0 Å². The van der Waals surface area contributed by atoms with Gasteiger partial charge in [0.1, 0.15) is 6.10 Å². The highest BCUT2D eigenvalue weighted by Crippen LogP contribution is 2.24. The summed E-state index contributed by atoms with van der Waals surface area (Å²) < 4.78 is 20.0. The number of hydrogen-bond donors (Lipinski definition) is 1. The highest BCUT2D eigenvalue weighted by atomic mass is 19.1. The molecule has 0 aliphatic heterocycles. The van der Waals surface area contributed by atoms with Gasteiger partial charge in [-0.3, -0.25) is 0 Å². The smallest absolute Gasteiger partial charge is 0.250 e. The summed E-state index contributed by atoms with van der Waals surface area (Å²) in [5, 5.41) is 3.12. The average Bonchev–Trinajstić information content (AvgIpc) is 2.68. The Morgan fingerprint density at radius 3 is 2.74 bits per heavy atom. The maximum absolute atomic E-state index is 14.2. The molecule has 1 aromatic heterocycles. The van der Waals surface area contributed by atoms with Gasteiger partial charge in [-0.2, -0.15) is 0 Å². The van der Waals surface area contributed by atoms with Gasteiger partial charge in [-0.1, -0.05) is 19.8 Å². The second-order valence-electron chi connectivity index (χ2n) is 5.10. The van der Waals surface area contributed by atoms with E-state index >= 15 is 0 Å². The first-order chi connectivity index (χ1) is 9.31. The lowest BCUT2D eigenvalue weighted by molar-refractivity contribution is 0.167. The van der Waals surface area contributed by atoms with Crippen molar-refractivity contribution in [2.75, 3.05) is 6.54 Å². The number of aromatic nitrogens is 1. The van der Waals surface area contributed by atoms with E-state index in [-0.39, 0.29) is 17.8 Å². The zero-order valence-electron chi connectivity index (χ0n) is 11.6. The van der Waals surface area contributed by atoms with Crippen LogP contribution < -0.4 is 10.1 Å². The Bertz CT molecular complexity index is 390. The van der Waals surface area contributed by atoms with E-state index < -0.39 is 0 Å². The van der Waals surface area contributed by atoms with Crippen molar-refractivity contribution in [1.82, 2.24) is 10.3 Å². The number of rotatable bonds is 5. The van der Waals surface area contributed by atoms with Gasteiger partial charge in [0.25, 0.3) is 5.88 Å². The van der Waals surface area contributed by atoms with Crippen molar-refractivity contribution in [3.05, 3.63) is 23.6 Å². The zero-order chi connectivity index (χ0) is 13.5. The number of halogens is 1. The van der Waals surface area contributed by atoms with Crippen molar-refractivity contribution >= 4 is 0 Å². The molecule has 0 unspecified atom stereocenters. The summed E-state index contributed by atoms with van der Waals surface area (Å²) in [4.78, 5) is 4.05. The van der Waals surface area contributed by atoms with Crippen LogP contribution in [0, 0.1) is 5.82 Å². The second kappa shape index (κ2) is 7.43. The molecule has 0 radical (unpaired) electrons. The molecule has 1 fully saturated rings. The van der Waals surface area contributed by atoms with Crippen molar-refractivity contribution in [3.8, 4) is 5.88 Å². The lowest BCUT2D eigenvalue weighted by Crippen LogP contribution is -2.18. The van der Waals surface area contributed by atoms with Gasteiger partial charge < -0.3 is 10.1 Å². The molecule has 0 saturated heterocycles. The van der Waals surface area contributed by atoms with E-state index in [1.54, 1.807) is 12.3 Å². The lowest BCUT2D eigenvalue weighted by atomic mass is 10.1. The molecular formula is C15H23FN2O. The van der Waals surface area contributed by atoms with Crippen LogP contribution in [0.4, 0.5) is 4.39 Å². The molecule has 1 saturated carbocycles. The van der Waals surface area contributed by atoms with E-state index in [0.717, 1.165) is 19.4 Å². The zero-order valence-corrected chi connectivity index (χ0v) is 11.6. The highest BCUT2D eigenvalue weighted by Gasteiger charge is 2.18. The fraction of sp³-hybridized carbons (Fsp3) is 0.667. The van der Waals surface area contributed by atoms with Crippen LogP contribution in [0.15, 0.2) is 12.3 Å². The van der Waals surface area contributed by atoms with Crippen LogP contribution in [0.5, 0.6) is 5.88 Å². The van der Waals surface area contributed by atoms with Gasteiger partial charge in [0.05, 0.1) is 0 Å². The molecule has 4 heteroatoms. The molecule has 0 amide bonds. The largest absolute Gasteiger partial charge is 0.472 e. The number of nitrogens with one attached hydrogen (secondary N) is 1. The van der Waals surface area contributed by atoms with E-state index in [1.165, 1.54) is 25.7 Å². The van der Waals surface area contributed by atoms with Crippen LogP contribution in [0.2, 0.25) is 0 Å². The van der Waals surface area contributed by atoms with Gasteiger partial charge in [-0.15, -0.1) is 0 Å². The fourth-order valence-electron chi connectivity index (χ4n) is 2.46. The van der Waals surface area contributed by atoms with E-state index in [4.69, 9.17) is 4.74 Å². The van der Waals surface area contributed by atoms with E-state index in [1.807, 2.05) is 6.92 Å². The second-order valence-corrected chi connectivity index (χ2v) is 5.10. The Labute approximate surface area is 114 Å². The molecule has 1 aliphatic carbocycles. The topological polar surface area (TPSA) is 34.2 Å². The maximum Gasteiger partial charge on any atom is 0.250 e. The molecular weight excluding hydrogens is 243 g/mol. The van der Waals surface area contributed by atoms with Crippen molar-refractivity contribution in [3.63, 3.8) is 0 Å². The normalized spacial score (nSPS) is 17.2. The summed E-state index contributed by atoms with van der Waals surface area (Å²) in [5.74, 6) is -0.144. The molecule has 19 heavy (non-hydrogen) atoms. The predicted octanol–water partition coefficient (Wildman–Crippen LogP) is 3.43. The van der Waals surface area contributed by atoms with Gasteiger partial charge in [0.2, 0.25) is 0 Å². The first-order valence-electron chi connectivity index (χ1n) is 7.32. The van der Waals surface area contributed by atoms with Crippen molar-refractivity contribution in [2.24, 2.45) is 0 Å². The monoisotopic (exact) mass is 266 g/mol. The van der Waals surface area contributed by atoms with E-state index in [9.17, 15) is 4.39 Å². The molecule has 2 rings (SSSR count). The summed E-state index contributed by atoms with van der Waals surface area (Å²) in [6.45, 7) is 3.34. The Morgan fingerprint density at radius 1 is 1.32 bits per heavy atom. The van der Waals surface area contributed by atoms with Crippen LogP contribution in [-0.2, 0) is 6.54 Å². The summed E-state index contributed by atoms with van der Waals surface area (Å²) in [7, 11) is 0. The number of ether oxygens (including phenoxy) is 1. The van der Waals surface area contributed by atoms with Crippen molar-refractivity contribution < 1.29 is 9.13 Å². The van der Waals surface area contributed by atoms with Crippen LogP contribution in [-0.4, -0.2) is 17.6 Å². The first kappa shape index (κ1) is 14.3. The van der Waals surface area contributed by atoms with Gasteiger partial charge in [-0.05, 0) is 38.3 Å². The molecule has 0 atom stereocenters. The molecule has 1 heterocycles. The van der Waals surface area contributed by atoms with Crippen molar-refractivity contribution in [1.29, 1.82) is 0 Å². The van der Waals surface area contributed by atoms with E-state index in [0.29, 0.717) is 12.1 Å². The number of pyridine rings is 1. The average molecular weight is 266 g/mol. The molecule has 0 spiro atoms. The quantitative estimate of drug-likeness (QED) is 0.829. The molecule has 1 N–H and O–H groups in total. The molecule has 0 aromatic carbocycles. The van der Waals surface area contributed by atoms with Crippen LogP contribution in [0.1, 0.15) is 51.0 Å². The third-order valence-electron chi connectivity index (χ3n) is 3.58. The standard InChI is InChI=1S/C15H23FN2O/c1-2-17-11-12-9-10-18-15(14(12)16)19-13-7-5-3-4-6-8-13/h9-10,13,17H,2-8,11H2,1H3. The van der Waals surface area contributed by atoms with Crippen LogP contribution >= 0.6 is 0 Å². The minimum Gasteiger partial charge on any atom is -0.472 e. The minimum atomic E-state index is -0.312. The first-order valence-corrected chi connectivity index (χ1v) is 7.32. The minimum absolute atomic E-state index is 0.124. The van der Waals surface area contributed by atoms with Crippen LogP contribution in [0.25, 0.3) is 0 Å². The fourth-order valence-corrected chi connectivity index (χ4v) is 2.46. The van der Waals surface area contributed by atoms with Gasteiger partial charge in [-0.25, -0.2) is 9.37 Å². The third kappa shape index (κ3) is 4.16. The Balaban J connectivity index is 2.02. The molecule has 1 aromatic rings. The lowest BCUT2D eigenvalue weighted by Gasteiger charge is -2.17. The number of hydrogen-bond acceptors (Lipinski definition) is 3. The summed E-state index contributed by atoms with van der Waals surface area (Å²) >= 11 is 0. The SMILES string of the molecule is CCNCc1ccnc(OC2CCCCCC2)c1F. The Kier molecular flexibility index (Phi) is 5.58. The maximum atomic E-state index is 14.2.